The minimum atomic E-state index is -4.62. The van der Waals surface area contributed by atoms with E-state index in [1.54, 1.807) is 0 Å². The number of aromatic nitrogens is 3. The summed E-state index contributed by atoms with van der Waals surface area (Å²) >= 11 is 0.987. The Morgan fingerprint density at radius 3 is 2.84 bits per heavy atom. The standard InChI is InChI=1S/C8H7F3N6OS/c1-18-3-5-15-17-4(2-13-16-12)6(8(9,10)11)14-7(17)19-5/h2-3H2,1H3. The number of azide groups is 1. The van der Waals surface area contributed by atoms with Crippen molar-refractivity contribution in [2.24, 2.45) is 5.11 Å². The van der Waals surface area contributed by atoms with Gasteiger partial charge >= 0.3 is 6.18 Å². The van der Waals surface area contributed by atoms with Crippen LogP contribution >= 0.6 is 11.3 Å². The summed E-state index contributed by atoms with van der Waals surface area (Å²) in [4.78, 5) is 6.03. The lowest BCUT2D eigenvalue weighted by Crippen LogP contribution is -2.10. The van der Waals surface area contributed by atoms with E-state index in [9.17, 15) is 13.2 Å². The summed E-state index contributed by atoms with van der Waals surface area (Å²) in [6, 6.07) is 0. The van der Waals surface area contributed by atoms with Crippen molar-refractivity contribution < 1.29 is 17.9 Å². The zero-order chi connectivity index (χ0) is 14.0. The molecule has 0 bridgehead atoms. The molecule has 0 N–H and O–H groups in total. The lowest BCUT2D eigenvalue weighted by atomic mass is 10.3. The van der Waals surface area contributed by atoms with Crippen LogP contribution in [0.25, 0.3) is 15.4 Å². The molecule has 0 aliphatic rings. The van der Waals surface area contributed by atoms with E-state index in [0.29, 0.717) is 5.01 Å². The van der Waals surface area contributed by atoms with E-state index >= 15 is 0 Å². The molecular formula is C8H7F3N6OS. The molecule has 7 nitrogen and oxygen atoms in total. The van der Waals surface area contributed by atoms with Crippen LogP contribution in [-0.4, -0.2) is 21.7 Å². The average molecular weight is 292 g/mol. The van der Waals surface area contributed by atoms with Gasteiger partial charge in [0.15, 0.2) is 5.69 Å². The minimum absolute atomic E-state index is 0.0857. The molecule has 2 aromatic rings. The number of halogens is 3. The Bertz CT molecular complexity index is 641. The van der Waals surface area contributed by atoms with Gasteiger partial charge in [0.2, 0.25) is 4.96 Å². The number of imidazole rings is 1. The molecule has 2 rings (SSSR count). The summed E-state index contributed by atoms with van der Waals surface area (Å²) in [5.41, 5.74) is 6.87. The Balaban J connectivity index is 2.56. The predicted octanol–water partition coefficient (Wildman–Crippen LogP) is 2.77. The van der Waals surface area contributed by atoms with Crippen LogP contribution in [0.2, 0.25) is 0 Å². The Morgan fingerprint density at radius 1 is 1.53 bits per heavy atom. The van der Waals surface area contributed by atoms with Gasteiger partial charge in [0.25, 0.3) is 0 Å². The summed E-state index contributed by atoms with van der Waals surface area (Å²) in [5, 5.41) is 7.59. The van der Waals surface area contributed by atoms with Crippen LogP contribution in [0.15, 0.2) is 5.11 Å². The van der Waals surface area contributed by atoms with Crippen molar-refractivity contribution in [2.75, 3.05) is 7.11 Å². The van der Waals surface area contributed by atoms with Gasteiger partial charge in [-0.1, -0.05) is 16.5 Å². The highest BCUT2D eigenvalue weighted by molar-refractivity contribution is 7.16. The molecule has 2 aromatic heterocycles. The van der Waals surface area contributed by atoms with Crippen molar-refractivity contribution in [3.63, 3.8) is 0 Å². The Hall–Kier alpha value is -1.84. The van der Waals surface area contributed by atoms with Gasteiger partial charge in [-0.25, -0.2) is 9.50 Å². The fourth-order valence-electron chi connectivity index (χ4n) is 1.48. The van der Waals surface area contributed by atoms with Crippen LogP contribution in [0.4, 0.5) is 13.2 Å². The van der Waals surface area contributed by atoms with Gasteiger partial charge in [0, 0.05) is 12.0 Å². The molecule has 0 atom stereocenters. The van der Waals surface area contributed by atoms with Gasteiger partial charge in [-0.05, 0) is 5.53 Å². The van der Waals surface area contributed by atoms with Crippen LogP contribution in [0.3, 0.4) is 0 Å². The van der Waals surface area contributed by atoms with Gasteiger partial charge in [-0.15, -0.1) is 0 Å². The molecule has 102 valence electrons. The van der Waals surface area contributed by atoms with Crippen molar-refractivity contribution >= 4 is 16.3 Å². The summed E-state index contributed by atoms with van der Waals surface area (Å²) < 4.78 is 44.2. The third-order valence-corrected chi connectivity index (χ3v) is 3.04. The highest BCUT2D eigenvalue weighted by Gasteiger charge is 2.38. The molecule has 0 aliphatic heterocycles. The molecule has 11 heteroatoms. The van der Waals surface area contributed by atoms with Crippen LogP contribution < -0.4 is 0 Å². The fourth-order valence-corrected chi connectivity index (χ4v) is 2.36. The second kappa shape index (κ2) is 5.03. The minimum Gasteiger partial charge on any atom is -0.377 e. The molecule has 0 fully saturated rings. The number of fused-ring (bicyclic) bond motifs is 1. The predicted molar refractivity (Wildman–Crippen MR) is 59.4 cm³/mol. The van der Waals surface area contributed by atoms with Gasteiger partial charge in [0.1, 0.15) is 5.01 Å². The first-order valence-corrected chi connectivity index (χ1v) is 5.73. The fraction of sp³-hybridized carbons (Fsp3) is 0.500. The van der Waals surface area contributed by atoms with E-state index in [4.69, 9.17) is 10.3 Å². The molecule has 19 heavy (non-hydrogen) atoms. The summed E-state index contributed by atoms with van der Waals surface area (Å²) in [5.74, 6) is 0. The first kappa shape index (κ1) is 13.6. The Morgan fingerprint density at radius 2 is 2.26 bits per heavy atom. The van der Waals surface area contributed by atoms with Crippen LogP contribution in [0.5, 0.6) is 0 Å². The maximum atomic E-state index is 12.8. The third kappa shape index (κ3) is 2.62. The SMILES string of the molecule is COCc1nn2c(CN=[N+]=[N-])c(C(F)(F)F)nc2s1. The number of hydrogen-bond acceptors (Lipinski definition) is 5. The molecule has 2 heterocycles. The van der Waals surface area contributed by atoms with Crippen molar-refractivity contribution in [3.8, 4) is 0 Å². The van der Waals surface area contributed by atoms with E-state index < -0.39 is 18.4 Å². The highest BCUT2D eigenvalue weighted by Crippen LogP contribution is 2.33. The molecule has 0 radical (unpaired) electrons. The maximum Gasteiger partial charge on any atom is 0.435 e. The number of nitrogens with zero attached hydrogens (tertiary/aromatic N) is 6. The van der Waals surface area contributed by atoms with E-state index in [1.807, 2.05) is 0 Å². The summed E-state index contributed by atoms with van der Waals surface area (Å²) in [6.07, 6.45) is -4.62. The molecule has 0 aromatic carbocycles. The topological polar surface area (TPSA) is 88.2 Å². The van der Waals surface area contributed by atoms with Gasteiger partial charge in [-0.2, -0.15) is 18.3 Å². The van der Waals surface area contributed by atoms with E-state index in [2.05, 4.69) is 20.1 Å². The third-order valence-electron chi connectivity index (χ3n) is 2.16. The van der Waals surface area contributed by atoms with Crippen LogP contribution in [0.1, 0.15) is 16.4 Å². The van der Waals surface area contributed by atoms with E-state index in [0.717, 1.165) is 15.9 Å². The van der Waals surface area contributed by atoms with Crippen LogP contribution in [-0.2, 0) is 24.1 Å². The second-order valence-corrected chi connectivity index (χ2v) is 4.46. The lowest BCUT2D eigenvalue weighted by Gasteiger charge is -2.04. The van der Waals surface area contributed by atoms with Gasteiger partial charge in [-0.3, -0.25) is 0 Å². The molecule has 0 aliphatic carbocycles. The number of methoxy groups -OCH3 is 1. The second-order valence-electron chi connectivity index (χ2n) is 3.42. The monoisotopic (exact) mass is 292 g/mol. The molecular weight excluding hydrogens is 285 g/mol. The Kier molecular flexibility index (Phi) is 3.60. The zero-order valence-corrected chi connectivity index (χ0v) is 10.4. The van der Waals surface area contributed by atoms with Crippen molar-refractivity contribution in [2.45, 2.75) is 19.3 Å². The van der Waals surface area contributed by atoms with Crippen molar-refractivity contribution in [1.29, 1.82) is 0 Å². The molecule has 0 amide bonds. The van der Waals surface area contributed by atoms with Crippen LogP contribution in [0, 0.1) is 0 Å². The molecule has 0 saturated heterocycles. The van der Waals surface area contributed by atoms with Crippen molar-refractivity contribution in [3.05, 3.63) is 26.8 Å². The van der Waals surface area contributed by atoms with Gasteiger partial charge < -0.3 is 4.74 Å². The summed E-state index contributed by atoms with van der Waals surface area (Å²) in [7, 11) is 1.45. The summed E-state index contributed by atoms with van der Waals surface area (Å²) in [6.45, 7) is -0.293. The molecule has 0 saturated carbocycles. The number of hydrogen-bond donors (Lipinski definition) is 0. The van der Waals surface area contributed by atoms with E-state index in [1.165, 1.54) is 7.11 Å². The van der Waals surface area contributed by atoms with Gasteiger partial charge in [0.05, 0.1) is 18.8 Å². The first-order valence-electron chi connectivity index (χ1n) is 4.91. The maximum absolute atomic E-state index is 12.8. The normalized spacial score (nSPS) is 11.8. The lowest BCUT2D eigenvalue weighted by molar-refractivity contribution is -0.141. The number of rotatable bonds is 4. The highest BCUT2D eigenvalue weighted by atomic mass is 32.1. The first-order chi connectivity index (χ1) is 8.97. The average Bonchev–Trinajstić information content (AvgIpc) is 2.83. The molecule has 0 unspecified atom stereocenters. The number of alkyl halides is 3. The number of ether oxygens (including phenoxy) is 1. The van der Waals surface area contributed by atoms with E-state index in [-0.39, 0.29) is 17.3 Å². The smallest absolute Gasteiger partial charge is 0.377 e. The van der Waals surface area contributed by atoms with Crippen molar-refractivity contribution in [1.82, 2.24) is 14.6 Å². The Labute approximate surface area is 108 Å². The largest absolute Gasteiger partial charge is 0.435 e. The molecule has 0 spiro atoms. The quantitative estimate of drug-likeness (QED) is 0.493. The zero-order valence-electron chi connectivity index (χ0n) is 9.55.